The number of hydrogen-bond acceptors (Lipinski definition) is 2. The second-order valence-electron chi connectivity index (χ2n) is 4.41. The summed E-state index contributed by atoms with van der Waals surface area (Å²) >= 11 is 0. The van der Waals surface area contributed by atoms with Crippen LogP contribution in [0.2, 0.25) is 0 Å². The minimum absolute atomic E-state index is 0.321. The summed E-state index contributed by atoms with van der Waals surface area (Å²) in [6.07, 6.45) is 3.77. The molecular formula is C10H22N2. The van der Waals surface area contributed by atoms with Crippen molar-refractivity contribution in [3.05, 3.63) is 0 Å². The van der Waals surface area contributed by atoms with Gasteiger partial charge in [0.1, 0.15) is 0 Å². The standard InChI is InChI=1S/C10H22N2/c1-4-10(2,3)12-9-5-7-11-8-6-9/h9,11-12H,4-8H2,1-3H3. The van der Waals surface area contributed by atoms with Crippen molar-refractivity contribution in [2.75, 3.05) is 13.1 Å². The van der Waals surface area contributed by atoms with Crippen LogP contribution in [0, 0.1) is 0 Å². The van der Waals surface area contributed by atoms with Gasteiger partial charge in [0.05, 0.1) is 0 Å². The monoisotopic (exact) mass is 170 g/mol. The van der Waals surface area contributed by atoms with Crippen molar-refractivity contribution in [1.29, 1.82) is 0 Å². The van der Waals surface area contributed by atoms with E-state index >= 15 is 0 Å². The van der Waals surface area contributed by atoms with Crippen molar-refractivity contribution in [2.24, 2.45) is 0 Å². The largest absolute Gasteiger partial charge is 0.317 e. The van der Waals surface area contributed by atoms with Gasteiger partial charge in [0.2, 0.25) is 0 Å². The fourth-order valence-corrected chi connectivity index (χ4v) is 1.62. The van der Waals surface area contributed by atoms with Crippen LogP contribution in [0.1, 0.15) is 40.0 Å². The molecule has 72 valence electrons. The third-order valence-electron chi connectivity index (χ3n) is 2.82. The lowest BCUT2D eigenvalue weighted by Crippen LogP contribution is -2.49. The van der Waals surface area contributed by atoms with Crippen LogP contribution in [0.4, 0.5) is 0 Å². The Kier molecular flexibility index (Phi) is 3.53. The fourth-order valence-electron chi connectivity index (χ4n) is 1.62. The van der Waals surface area contributed by atoms with Crippen molar-refractivity contribution < 1.29 is 0 Å². The molecule has 0 amide bonds. The maximum absolute atomic E-state index is 3.70. The third kappa shape index (κ3) is 3.11. The van der Waals surface area contributed by atoms with Crippen molar-refractivity contribution in [1.82, 2.24) is 10.6 Å². The minimum atomic E-state index is 0.321. The summed E-state index contributed by atoms with van der Waals surface area (Å²) in [5.74, 6) is 0. The van der Waals surface area contributed by atoms with Gasteiger partial charge in [0.15, 0.2) is 0 Å². The van der Waals surface area contributed by atoms with Gasteiger partial charge in [-0.1, -0.05) is 6.92 Å². The average Bonchev–Trinajstić information content (AvgIpc) is 2.06. The van der Waals surface area contributed by atoms with E-state index in [-0.39, 0.29) is 0 Å². The highest BCUT2D eigenvalue weighted by atomic mass is 15.0. The summed E-state index contributed by atoms with van der Waals surface area (Å²) < 4.78 is 0. The highest BCUT2D eigenvalue weighted by Crippen LogP contribution is 2.12. The number of hydrogen-bond donors (Lipinski definition) is 2. The van der Waals surface area contributed by atoms with Gasteiger partial charge in [-0.05, 0) is 46.2 Å². The Balaban J connectivity index is 2.28. The summed E-state index contributed by atoms with van der Waals surface area (Å²) in [4.78, 5) is 0. The molecule has 2 heteroatoms. The first-order valence-electron chi connectivity index (χ1n) is 5.12. The zero-order chi connectivity index (χ0) is 9.03. The predicted molar refractivity (Wildman–Crippen MR) is 53.4 cm³/mol. The van der Waals surface area contributed by atoms with E-state index in [1.54, 1.807) is 0 Å². The molecule has 1 heterocycles. The highest BCUT2D eigenvalue weighted by molar-refractivity contribution is 4.83. The van der Waals surface area contributed by atoms with E-state index < -0.39 is 0 Å². The third-order valence-corrected chi connectivity index (χ3v) is 2.82. The van der Waals surface area contributed by atoms with E-state index in [0.29, 0.717) is 5.54 Å². The molecule has 12 heavy (non-hydrogen) atoms. The Hall–Kier alpha value is -0.0800. The molecule has 0 atom stereocenters. The second kappa shape index (κ2) is 4.24. The quantitative estimate of drug-likeness (QED) is 0.671. The predicted octanol–water partition coefficient (Wildman–Crippen LogP) is 1.52. The molecule has 0 unspecified atom stereocenters. The molecule has 0 bridgehead atoms. The summed E-state index contributed by atoms with van der Waals surface area (Å²) in [5, 5.41) is 7.08. The van der Waals surface area contributed by atoms with Gasteiger partial charge in [0, 0.05) is 11.6 Å². The molecule has 1 aliphatic heterocycles. The van der Waals surface area contributed by atoms with Crippen LogP contribution in [0.25, 0.3) is 0 Å². The molecule has 1 aliphatic rings. The van der Waals surface area contributed by atoms with Gasteiger partial charge < -0.3 is 10.6 Å². The smallest absolute Gasteiger partial charge is 0.0125 e. The van der Waals surface area contributed by atoms with Crippen LogP contribution in [0.15, 0.2) is 0 Å². The van der Waals surface area contributed by atoms with E-state index in [1.165, 1.54) is 32.4 Å². The number of piperidine rings is 1. The van der Waals surface area contributed by atoms with Crippen LogP contribution in [-0.4, -0.2) is 24.7 Å². The Morgan fingerprint density at radius 1 is 1.33 bits per heavy atom. The van der Waals surface area contributed by atoms with Crippen LogP contribution in [-0.2, 0) is 0 Å². The minimum Gasteiger partial charge on any atom is -0.317 e. The van der Waals surface area contributed by atoms with E-state index in [9.17, 15) is 0 Å². The van der Waals surface area contributed by atoms with Gasteiger partial charge in [-0.3, -0.25) is 0 Å². The van der Waals surface area contributed by atoms with Gasteiger partial charge >= 0.3 is 0 Å². The maximum atomic E-state index is 3.70. The molecule has 0 aromatic rings. The lowest BCUT2D eigenvalue weighted by molar-refractivity contribution is 0.281. The molecule has 2 N–H and O–H groups in total. The molecule has 0 radical (unpaired) electrons. The highest BCUT2D eigenvalue weighted by Gasteiger charge is 2.21. The van der Waals surface area contributed by atoms with Crippen LogP contribution in [0.5, 0.6) is 0 Å². The lowest BCUT2D eigenvalue weighted by Gasteiger charge is -2.33. The van der Waals surface area contributed by atoms with Crippen molar-refractivity contribution in [3.63, 3.8) is 0 Å². The van der Waals surface area contributed by atoms with E-state index in [4.69, 9.17) is 0 Å². The lowest BCUT2D eigenvalue weighted by atomic mass is 9.97. The molecular weight excluding hydrogens is 148 g/mol. The average molecular weight is 170 g/mol. The van der Waals surface area contributed by atoms with Crippen molar-refractivity contribution in [2.45, 2.75) is 51.6 Å². The first-order chi connectivity index (χ1) is 5.64. The zero-order valence-electron chi connectivity index (χ0n) is 8.61. The Morgan fingerprint density at radius 2 is 1.92 bits per heavy atom. The van der Waals surface area contributed by atoms with Gasteiger partial charge in [-0.2, -0.15) is 0 Å². The van der Waals surface area contributed by atoms with Gasteiger partial charge in [-0.25, -0.2) is 0 Å². The maximum Gasteiger partial charge on any atom is 0.0125 e. The first-order valence-corrected chi connectivity index (χ1v) is 5.12. The Morgan fingerprint density at radius 3 is 2.42 bits per heavy atom. The van der Waals surface area contributed by atoms with Crippen molar-refractivity contribution in [3.8, 4) is 0 Å². The van der Waals surface area contributed by atoms with Crippen LogP contribution in [0.3, 0.4) is 0 Å². The Bertz CT molecular complexity index is 126. The normalized spacial score (nSPS) is 21.2. The summed E-state index contributed by atoms with van der Waals surface area (Å²) in [6.45, 7) is 9.17. The molecule has 1 saturated heterocycles. The van der Waals surface area contributed by atoms with Crippen molar-refractivity contribution >= 4 is 0 Å². The zero-order valence-corrected chi connectivity index (χ0v) is 8.61. The number of nitrogens with one attached hydrogen (secondary N) is 2. The van der Waals surface area contributed by atoms with E-state index in [2.05, 4.69) is 31.4 Å². The Labute approximate surface area is 76.1 Å². The number of rotatable bonds is 3. The molecule has 1 fully saturated rings. The van der Waals surface area contributed by atoms with Gasteiger partial charge in [-0.15, -0.1) is 0 Å². The van der Waals surface area contributed by atoms with Crippen LogP contribution >= 0.6 is 0 Å². The summed E-state index contributed by atoms with van der Waals surface area (Å²) in [5.41, 5.74) is 0.321. The van der Waals surface area contributed by atoms with E-state index in [0.717, 1.165) is 6.04 Å². The molecule has 2 nitrogen and oxygen atoms in total. The molecule has 1 rings (SSSR count). The summed E-state index contributed by atoms with van der Waals surface area (Å²) in [6, 6.07) is 0.737. The first kappa shape index (κ1) is 10.0. The molecule has 0 aromatic heterocycles. The molecule has 0 aliphatic carbocycles. The fraction of sp³-hybridized carbons (Fsp3) is 1.00. The molecule has 0 aromatic carbocycles. The van der Waals surface area contributed by atoms with Crippen LogP contribution < -0.4 is 10.6 Å². The second-order valence-corrected chi connectivity index (χ2v) is 4.41. The molecule has 0 spiro atoms. The summed E-state index contributed by atoms with van der Waals surface area (Å²) in [7, 11) is 0. The SMILES string of the molecule is CCC(C)(C)NC1CCNCC1. The van der Waals surface area contributed by atoms with E-state index in [1.807, 2.05) is 0 Å². The van der Waals surface area contributed by atoms with Gasteiger partial charge in [0.25, 0.3) is 0 Å². The molecule has 0 saturated carbocycles. The topological polar surface area (TPSA) is 24.1 Å².